The molecule has 2 rings (SSSR count). The maximum absolute atomic E-state index is 11.4. The van der Waals surface area contributed by atoms with E-state index in [9.17, 15) is 14.9 Å². The molecule has 5 nitrogen and oxygen atoms in total. The molecular formula is C11H10N2O3. The van der Waals surface area contributed by atoms with E-state index in [4.69, 9.17) is 0 Å². The van der Waals surface area contributed by atoms with Crippen LogP contribution in [0.1, 0.15) is 17.3 Å². The van der Waals surface area contributed by atoms with Gasteiger partial charge in [0.15, 0.2) is 5.78 Å². The largest absolute Gasteiger partial charge is 0.344 e. The van der Waals surface area contributed by atoms with Gasteiger partial charge >= 0.3 is 0 Å². The molecule has 0 spiro atoms. The standard InChI is InChI=1S/C11H10N2O3/c1-7(14)8-4-3-5-9-11(8)10(13(15)16)6-12(9)2/h3-6H,1-2H3. The molecule has 0 saturated carbocycles. The topological polar surface area (TPSA) is 65.1 Å². The van der Waals surface area contributed by atoms with Crippen molar-refractivity contribution < 1.29 is 9.72 Å². The first-order chi connectivity index (χ1) is 7.52. The molecule has 0 amide bonds. The third kappa shape index (κ3) is 1.37. The minimum atomic E-state index is -0.464. The number of hydrogen-bond acceptors (Lipinski definition) is 3. The van der Waals surface area contributed by atoms with Crippen LogP contribution < -0.4 is 0 Å². The van der Waals surface area contributed by atoms with Crippen LogP contribution in [0.15, 0.2) is 24.4 Å². The molecule has 1 aromatic heterocycles. The van der Waals surface area contributed by atoms with Gasteiger partial charge in [-0.1, -0.05) is 12.1 Å². The Labute approximate surface area is 91.4 Å². The lowest BCUT2D eigenvalue weighted by molar-refractivity contribution is -0.383. The third-order valence-corrected chi connectivity index (χ3v) is 2.57. The van der Waals surface area contributed by atoms with Crippen LogP contribution in [-0.2, 0) is 7.05 Å². The van der Waals surface area contributed by atoms with Gasteiger partial charge in [0.1, 0.15) is 0 Å². The maximum atomic E-state index is 11.4. The van der Waals surface area contributed by atoms with Crippen molar-refractivity contribution in [3.8, 4) is 0 Å². The zero-order chi connectivity index (χ0) is 11.9. The summed E-state index contributed by atoms with van der Waals surface area (Å²) in [6, 6.07) is 5.09. The molecule has 5 heteroatoms. The number of aromatic nitrogens is 1. The number of carbonyl (C=O) groups is 1. The van der Waals surface area contributed by atoms with Crippen molar-refractivity contribution in [3.05, 3.63) is 40.1 Å². The number of carbonyl (C=O) groups excluding carboxylic acids is 1. The Hall–Kier alpha value is -2.17. The highest BCUT2D eigenvalue weighted by Crippen LogP contribution is 2.30. The Morgan fingerprint density at radius 3 is 2.69 bits per heavy atom. The van der Waals surface area contributed by atoms with E-state index in [1.807, 2.05) is 0 Å². The lowest BCUT2D eigenvalue weighted by Crippen LogP contribution is -1.95. The molecule has 82 valence electrons. The molecule has 1 aromatic carbocycles. The molecule has 0 fully saturated rings. The van der Waals surface area contributed by atoms with Gasteiger partial charge in [0, 0.05) is 12.6 Å². The van der Waals surface area contributed by atoms with Gasteiger partial charge < -0.3 is 4.57 Å². The van der Waals surface area contributed by atoms with Gasteiger partial charge in [-0.15, -0.1) is 0 Å². The molecule has 0 N–H and O–H groups in total. The zero-order valence-electron chi connectivity index (χ0n) is 8.93. The second kappa shape index (κ2) is 3.44. The van der Waals surface area contributed by atoms with Crippen molar-refractivity contribution in [2.24, 2.45) is 7.05 Å². The van der Waals surface area contributed by atoms with Crippen molar-refractivity contribution in [2.75, 3.05) is 0 Å². The fraction of sp³-hybridized carbons (Fsp3) is 0.182. The molecule has 0 unspecified atom stereocenters. The van der Waals surface area contributed by atoms with Crippen LogP contribution in [0.5, 0.6) is 0 Å². The minimum Gasteiger partial charge on any atom is -0.344 e. The number of fused-ring (bicyclic) bond motifs is 1. The summed E-state index contributed by atoms with van der Waals surface area (Å²) in [5.41, 5.74) is 1.06. The fourth-order valence-electron chi connectivity index (χ4n) is 1.85. The van der Waals surface area contributed by atoms with Crippen LogP contribution in [0.3, 0.4) is 0 Å². The van der Waals surface area contributed by atoms with E-state index in [0.29, 0.717) is 16.5 Å². The van der Waals surface area contributed by atoms with Gasteiger partial charge in [0.25, 0.3) is 5.69 Å². The minimum absolute atomic E-state index is 0.0247. The molecule has 0 bridgehead atoms. The molecule has 0 aliphatic rings. The van der Waals surface area contributed by atoms with Crippen LogP contribution in [0.2, 0.25) is 0 Å². The Balaban J connectivity index is 2.93. The highest BCUT2D eigenvalue weighted by Gasteiger charge is 2.20. The number of rotatable bonds is 2. The van der Waals surface area contributed by atoms with Gasteiger partial charge in [0.05, 0.1) is 22.0 Å². The Kier molecular flexibility index (Phi) is 2.23. The van der Waals surface area contributed by atoms with Crippen molar-refractivity contribution in [1.29, 1.82) is 0 Å². The molecule has 2 aromatic rings. The summed E-state index contributed by atoms with van der Waals surface area (Å²) in [7, 11) is 1.72. The second-order valence-corrected chi connectivity index (χ2v) is 3.64. The highest BCUT2D eigenvalue weighted by atomic mass is 16.6. The summed E-state index contributed by atoms with van der Waals surface area (Å²) in [5.74, 6) is -0.167. The number of Topliss-reactive ketones (excluding diaryl/α,β-unsaturated/α-hetero) is 1. The van der Waals surface area contributed by atoms with Gasteiger partial charge in [-0.25, -0.2) is 0 Å². The number of ketones is 1. The molecular weight excluding hydrogens is 208 g/mol. The monoisotopic (exact) mass is 218 g/mol. The average Bonchev–Trinajstić information content (AvgIpc) is 2.56. The Morgan fingerprint density at radius 1 is 1.44 bits per heavy atom. The summed E-state index contributed by atoms with van der Waals surface area (Å²) < 4.78 is 1.65. The molecule has 0 radical (unpaired) electrons. The quantitative estimate of drug-likeness (QED) is 0.441. The summed E-state index contributed by atoms with van der Waals surface area (Å²) in [6.45, 7) is 1.41. The van der Waals surface area contributed by atoms with Crippen molar-refractivity contribution in [3.63, 3.8) is 0 Å². The number of nitrogens with zero attached hydrogens (tertiary/aromatic N) is 2. The SMILES string of the molecule is CC(=O)c1cccc2c1c([N+](=O)[O-])cn2C. The Morgan fingerprint density at radius 2 is 2.12 bits per heavy atom. The van der Waals surface area contributed by atoms with E-state index in [1.165, 1.54) is 13.1 Å². The first-order valence-electron chi connectivity index (χ1n) is 4.75. The van der Waals surface area contributed by atoms with E-state index < -0.39 is 4.92 Å². The first-order valence-corrected chi connectivity index (χ1v) is 4.75. The highest BCUT2D eigenvalue weighted by molar-refractivity contribution is 6.10. The van der Waals surface area contributed by atoms with Crippen LogP contribution in [-0.4, -0.2) is 15.3 Å². The predicted molar refractivity (Wildman–Crippen MR) is 59.6 cm³/mol. The van der Waals surface area contributed by atoms with Crippen molar-refractivity contribution in [2.45, 2.75) is 6.92 Å². The van der Waals surface area contributed by atoms with E-state index in [0.717, 1.165) is 0 Å². The second-order valence-electron chi connectivity index (χ2n) is 3.64. The lowest BCUT2D eigenvalue weighted by Gasteiger charge is -1.99. The van der Waals surface area contributed by atoms with E-state index in [2.05, 4.69) is 0 Å². The first kappa shape index (κ1) is 10.4. The molecule has 0 aliphatic heterocycles. The number of nitro groups is 1. The summed E-state index contributed by atoms with van der Waals surface area (Å²) in [4.78, 5) is 21.8. The van der Waals surface area contributed by atoms with Crippen LogP contribution in [0, 0.1) is 10.1 Å². The molecule has 0 aliphatic carbocycles. The summed E-state index contributed by atoms with van der Waals surface area (Å²) in [6.07, 6.45) is 1.43. The van der Waals surface area contributed by atoms with E-state index in [-0.39, 0.29) is 11.5 Å². The predicted octanol–water partition coefficient (Wildman–Crippen LogP) is 2.29. The van der Waals surface area contributed by atoms with Gasteiger partial charge in [0.2, 0.25) is 0 Å². The summed E-state index contributed by atoms with van der Waals surface area (Å²) in [5, 5.41) is 11.3. The maximum Gasteiger partial charge on any atom is 0.295 e. The van der Waals surface area contributed by atoms with Crippen molar-refractivity contribution >= 4 is 22.4 Å². The molecule has 1 heterocycles. The van der Waals surface area contributed by atoms with Gasteiger partial charge in [-0.2, -0.15) is 0 Å². The molecule has 16 heavy (non-hydrogen) atoms. The molecule has 0 saturated heterocycles. The average molecular weight is 218 g/mol. The van der Waals surface area contributed by atoms with E-state index in [1.54, 1.807) is 29.8 Å². The fourth-order valence-corrected chi connectivity index (χ4v) is 1.85. The van der Waals surface area contributed by atoms with Crippen LogP contribution in [0.25, 0.3) is 10.9 Å². The van der Waals surface area contributed by atoms with Crippen LogP contribution in [0.4, 0.5) is 5.69 Å². The number of benzene rings is 1. The third-order valence-electron chi connectivity index (χ3n) is 2.57. The van der Waals surface area contributed by atoms with Crippen molar-refractivity contribution in [1.82, 2.24) is 4.57 Å². The zero-order valence-corrected chi connectivity index (χ0v) is 8.93. The number of aryl methyl sites for hydroxylation is 1. The van der Waals surface area contributed by atoms with Crippen LogP contribution >= 0.6 is 0 Å². The number of hydrogen-bond donors (Lipinski definition) is 0. The smallest absolute Gasteiger partial charge is 0.295 e. The normalized spacial score (nSPS) is 10.6. The van der Waals surface area contributed by atoms with E-state index >= 15 is 0 Å². The Bertz CT molecular complexity index is 599. The summed E-state index contributed by atoms with van der Waals surface area (Å²) >= 11 is 0. The van der Waals surface area contributed by atoms with Gasteiger partial charge in [-0.3, -0.25) is 14.9 Å². The molecule has 0 atom stereocenters. The van der Waals surface area contributed by atoms with Gasteiger partial charge in [-0.05, 0) is 13.0 Å². The lowest BCUT2D eigenvalue weighted by atomic mass is 10.1.